The van der Waals surface area contributed by atoms with Crippen molar-refractivity contribution >= 4 is 27.7 Å². The Morgan fingerprint density at radius 1 is 1.11 bits per heavy atom. The predicted octanol–water partition coefficient (Wildman–Crippen LogP) is 5.31. The van der Waals surface area contributed by atoms with Crippen molar-refractivity contribution in [1.29, 1.82) is 0 Å². The van der Waals surface area contributed by atoms with Gasteiger partial charge in [0, 0.05) is 22.9 Å². The van der Waals surface area contributed by atoms with E-state index < -0.39 is 5.91 Å². The van der Waals surface area contributed by atoms with E-state index in [-0.39, 0.29) is 0 Å². The number of hydrogen-bond acceptors (Lipinski definition) is 1. The van der Waals surface area contributed by atoms with Crippen LogP contribution in [0.1, 0.15) is 46.0 Å². The van der Waals surface area contributed by atoms with Crippen LogP contribution in [-0.2, 0) is 13.0 Å². The van der Waals surface area contributed by atoms with E-state index >= 15 is 0 Å². The van der Waals surface area contributed by atoms with Gasteiger partial charge < -0.3 is 10.3 Å². The van der Waals surface area contributed by atoms with Crippen molar-refractivity contribution in [3.8, 4) is 0 Å². The molecule has 3 heteroatoms. The van der Waals surface area contributed by atoms with E-state index in [9.17, 15) is 4.79 Å². The van der Waals surface area contributed by atoms with Crippen molar-refractivity contribution in [1.82, 2.24) is 4.57 Å². The van der Waals surface area contributed by atoms with Crippen LogP contribution in [0.25, 0.3) is 21.8 Å². The SMILES string of the molecule is CCCc1c[c]c2c3c(C(N)=O)cccc3n(Cc3cc(C)ccc3C)c2c1. The maximum atomic E-state index is 12.1. The van der Waals surface area contributed by atoms with Crippen molar-refractivity contribution in [2.75, 3.05) is 0 Å². The van der Waals surface area contributed by atoms with Crippen molar-refractivity contribution in [3.63, 3.8) is 0 Å². The molecule has 1 heterocycles. The highest BCUT2D eigenvalue weighted by Crippen LogP contribution is 2.33. The lowest BCUT2D eigenvalue weighted by Gasteiger charge is -2.12. The molecule has 28 heavy (non-hydrogen) atoms. The number of nitrogens with two attached hydrogens (primary N) is 1. The Morgan fingerprint density at radius 2 is 1.93 bits per heavy atom. The molecule has 4 aromatic rings. The molecule has 0 bridgehead atoms. The monoisotopic (exact) mass is 369 g/mol. The Kier molecular flexibility index (Phi) is 4.68. The summed E-state index contributed by atoms with van der Waals surface area (Å²) in [6.07, 6.45) is 2.10. The Balaban J connectivity index is 2.03. The number of carbonyl (C=O) groups is 1. The van der Waals surface area contributed by atoms with Gasteiger partial charge in [-0.05, 0) is 61.2 Å². The minimum absolute atomic E-state index is 0.401. The second-order valence-corrected chi connectivity index (χ2v) is 7.60. The van der Waals surface area contributed by atoms with Crippen molar-refractivity contribution in [3.05, 3.63) is 82.4 Å². The standard InChI is InChI=1S/C25H25N2O/c1-4-6-18-11-12-20-23(14-18)27(15-19-13-16(2)9-10-17(19)3)22-8-5-7-21(24(20)22)25(26)28/h5,7-11,13-14H,4,6,15H2,1-3H3,(H2,26,28). The van der Waals surface area contributed by atoms with E-state index in [1.165, 1.54) is 22.3 Å². The average molecular weight is 369 g/mol. The fourth-order valence-electron chi connectivity index (χ4n) is 4.05. The fourth-order valence-corrected chi connectivity index (χ4v) is 4.05. The molecule has 0 unspecified atom stereocenters. The number of amides is 1. The summed E-state index contributed by atoms with van der Waals surface area (Å²) in [4.78, 5) is 12.1. The second kappa shape index (κ2) is 7.16. The number of fused-ring (bicyclic) bond motifs is 3. The Morgan fingerprint density at radius 3 is 2.68 bits per heavy atom. The lowest BCUT2D eigenvalue weighted by Crippen LogP contribution is -2.11. The van der Waals surface area contributed by atoms with Gasteiger partial charge in [0.05, 0.1) is 11.0 Å². The highest BCUT2D eigenvalue weighted by molar-refractivity contribution is 6.17. The Labute approximate surface area is 165 Å². The molecule has 0 saturated heterocycles. The number of rotatable bonds is 5. The summed E-state index contributed by atoms with van der Waals surface area (Å²) < 4.78 is 2.30. The molecule has 3 aromatic carbocycles. The van der Waals surface area contributed by atoms with Crippen molar-refractivity contribution < 1.29 is 4.79 Å². The molecule has 2 N–H and O–H groups in total. The zero-order valence-electron chi connectivity index (χ0n) is 16.7. The molecular formula is C25H25N2O. The largest absolute Gasteiger partial charge is 0.366 e. The fraction of sp³-hybridized carbons (Fsp3) is 0.240. The number of hydrogen-bond donors (Lipinski definition) is 1. The van der Waals surface area contributed by atoms with Crippen LogP contribution in [-0.4, -0.2) is 10.5 Å². The lowest BCUT2D eigenvalue weighted by molar-refractivity contribution is 0.100. The van der Waals surface area contributed by atoms with Gasteiger partial charge >= 0.3 is 0 Å². The van der Waals surface area contributed by atoms with Gasteiger partial charge in [-0.25, -0.2) is 0 Å². The van der Waals surface area contributed by atoms with Crippen LogP contribution in [0.15, 0.2) is 48.5 Å². The lowest BCUT2D eigenvalue weighted by atomic mass is 10.0. The number of aromatic nitrogens is 1. The summed E-state index contributed by atoms with van der Waals surface area (Å²) in [5, 5.41) is 1.87. The molecule has 1 radical (unpaired) electrons. The zero-order valence-corrected chi connectivity index (χ0v) is 16.7. The Hall–Kier alpha value is -3.07. The minimum atomic E-state index is -0.401. The first-order valence-corrected chi connectivity index (χ1v) is 9.81. The number of aryl methyl sites for hydroxylation is 3. The molecule has 4 rings (SSSR count). The molecule has 0 spiro atoms. The van der Waals surface area contributed by atoms with Gasteiger partial charge in [0.2, 0.25) is 5.91 Å². The predicted molar refractivity (Wildman–Crippen MR) is 116 cm³/mol. The van der Waals surface area contributed by atoms with Crippen LogP contribution in [0, 0.1) is 19.9 Å². The molecular weight excluding hydrogens is 344 g/mol. The summed E-state index contributed by atoms with van der Waals surface area (Å²) in [6, 6.07) is 20.1. The van der Waals surface area contributed by atoms with E-state index in [1.807, 2.05) is 12.1 Å². The van der Waals surface area contributed by atoms with Gasteiger partial charge in [-0.15, -0.1) is 0 Å². The van der Waals surface area contributed by atoms with Crippen LogP contribution in [0.5, 0.6) is 0 Å². The van der Waals surface area contributed by atoms with E-state index in [0.717, 1.165) is 41.2 Å². The van der Waals surface area contributed by atoms with Gasteiger partial charge in [-0.3, -0.25) is 4.79 Å². The molecule has 0 saturated carbocycles. The highest BCUT2D eigenvalue weighted by Gasteiger charge is 2.17. The first kappa shape index (κ1) is 18.3. The van der Waals surface area contributed by atoms with Crippen LogP contribution in [0.4, 0.5) is 0 Å². The third-order valence-corrected chi connectivity index (χ3v) is 5.49. The summed E-state index contributed by atoms with van der Waals surface area (Å²) >= 11 is 0. The number of nitrogens with zero attached hydrogens (tertiary/aromatic N) is 1. The van der Waals surface area contributed by atoms with E-state index in [1.54, 1.807) is 6.07 Å². The molecule has 0 aliphatic carbocycles. The zero-order chi connectivity index (χ0) is 19.8. The summed E-state index contributed by atoms with van der Waals surface area (Å²) in [6.45, 7) is 7.19. The van der Waals surface area contributed by atoms with E-state index in [4.69, 9.17) is 5.73 Å². The maximum absolute atomic E-state index is 12.1. The number of benzene rings is 3. The first-order valence-electron chi connectivity index (χ1n) is 9.81. The molecule has 0 fully saturated rings. The van der Waals surface area contributed by atoms with E-state index in [0.29, 0.717) is 5.56 Å². The van der Waals surface area contributed by atoms with Gasteiger partial charge in [0.1, 0.15) is 0 Å². The van der Waals surface area contributed by atoms with E-state index in [2.05, 4.69) is 61.7 Å². The molecule has 141 valence electrons. The third kappa shape index (κ3) is 3.07. The quantitative estimate of drug-likeness (QED) is 0.509. The molecule has 1 aromatic heterocycles. The smallest absolute Gasteiger partial charge is 0.249 e. The first-order chi connectivity index (χ1) is 13.5. The number of carbonyl (C=O) groups excluding carboxylic acids is 1. The highest BCUT2D eigenvalue weighted by atomic mass is 16.1. The Bertz CT molecular complexity index is 1200. The van der Waals surface area contributed by atoms with Crippen LogP contribution in [0.2, 0.25) is 0 Å². The molecule has 0 atom stereocenters. The summed E-state index contributed by atoms with van der Waals surface area (Å²) in [5.74, 6) is -0.401. The summed E-state index contributed by atoms with van der Waals surface area (Å²) in [7, 11) is 0. The van der Waals surface area contributed by atoms with Gasteiger partial charge in [-0.2, -0.15) is 0 Å². The normalized spacial score (nSPS) is 11.4. The van der Waals surface area contributed by atoms with Gasteiger partial charge in [0.15, 0.2) is 0 Å². The van der Waals surface area contributed by atoms with Crippen molar-refractivity contribution in [2.45, 2.75) is 40.2 Å². The third-order valence-electron chi connectivity index (χ3n) is 5.49. The maximum Gasteiger partial charge on any atom is 0.249 e. The molecule has 1 amide bonds. The average Bonchev–Trinajstić information content (AvgIpc) is 2.98. The number of primary amides is 1. The second-order valence-electron chi connectivity index (χ2n) is 7.60. The van der Waals surface area contributed by atoms with Crippen LogP contribution in [0.3, 0.4) is 0 Å². The van der Waals surface area contributed by atoms with Gasteiger partial charge in [0.25, 0.3) is 0 Å². The summed E-state index contributed by atoms with van der Waals surface area (Å²) in [5.41, 5.74) is 13.4. The molecule has 3 nitrogen and oxygen atoms in total. The van der Waals surface area contributed by atoms with Crippen LogP contribution >= 0.6 is 0 Å². The minimum Gasteiger partial charge on any atom is -0.366 e. The van der Waals surface area contributed by atoms with Crippen LogP contribution < -0.4 is 5.73 Å². The molecule has 0 aliphatic rings. The van der Waals surface area contributed by atoms with Gasteiger partial charge in [-0.1, -0.05) is 49.2 Å². The molecule has 0 aliphatic heterocycles. The van der Waals surface area contributed by atoms with Crippen molar-refractivity contribution in [2.24, 2.45) is 5.73 Å². The topological polar surface area (TPSA) is 48.0 Å².